The number of carbonyl (C=O) groups is 1. The van der Waals surface area contributed by atoms with E-state index in [1.165, 1.54) is 0 Å². The summed E-state index contributed by atoms with van der Waals surface area (Å²) in [7, 11) is 3.16. The Bertz CT molecular complexity index is 1190. The van der Waals surface area contributed by atoms with E-state index in [2.05, 4.69) is 10.4 Å². The van der Waals surface area contributed by atoms with Gasteiger partial charge >= 0.3 is 0 Å². The van der Waals surface area contributed by atoms with Gasteiger partial charge in [-0.2, -0.15) is 5.10 Å². The maximum absolute atomic E-state index is 13.1. The molecule has 2 aromatic heterocycles. The topological polar surface area (TPSA) is 78.5 Å². The van der Waals surface area contributed by atoms with Crippen molar-refractivity contribution in [2.24, 2.45) is 0 Å². The molecule has 0 aliphatic carbocycles. The first-order chi connectivity index (χ1) is 15.1. The van der Waals surface area contributed by atoms with E-state index >= 15 is 0 Å². The molecule has 0 unspecified atom stereocenters. The summed E-state index contributed by atoms with van der Waals surface area (Å²) < 4.78 is 18.0. The smallest absolute Gasteiger partial charge is 0.255 e. The molecule has 0 bridgehead atoms. The van der Waals surface area contributed by atoms with E-state index in [-0.39, 0.29) is 5.91 Å². The number of rotatable bonds is 7. The minimum Gasteiger partial charge on any atom is -0.493 e. The van der Waals surface area contributed by atoms with Crippen molar-refractivity contribution in [1.29, 1.82) is 0 Å². The molecule has 4 aromatic rings. The highest BCUT2D eigenvalue weighted by molar-refractivity contribution is 5.99. The second-order valence-electron chi connectivity index (χ2n) is 6.95. The summed E-state index contributed by atoms with van der Waals surface area (Å²) in [5, 5.41) is 7.57. The summed E-state index contributed by atoms with van der Waals surface area (Å²) in [6.45, 7) is 2.18. The van der Waals surface area contributed by atoms with Crippen molar-refractivity contribution in [2.45, 2.75) is 13.5 Å². The highest BCUT2D eigenvalue weighted by Gasteiger charge is 2.21. The van der Waals surface area contributed by atoms with Gasteiger partial charge in [-0.3, -0.25) is 4.79 Å². The van der Waals surface area contributed by atoms with Crippen molar-refractivity contribution < 1.29 is 18.7 Å². The number of para-hydroxylation sites is 1. The number of ether oxygens (including phenoxy) is 2. The molecule has 0 spiro atoms. The zero-order valence-corrected chi connectivity index (χ0v) is 17.6. The largest absolute Gasteiger partial charge is 0.493 e. The highest BCUT2D eigenvalue weighted by atomic mass is 16.5. The molecule has 4 rings (SSSR count). The average molecular weight is 417 g/mol. The number of nitrogens with one attached hydrogen (secondary N) is 1. The monoisotopic (exact) mass is 417 g/mol. The number of amides is 1. The Balaban J connectivity index is 1.62. The second kappa shape index (κ2) is 8.79. The number of aromatic nitrogens is 2. The molecule has 0 fully saturated rings. The third-order valence-corrected chi connectivity index (χ3v) is 4.85. The molecule has 1 amide bonds. The fourth-order valence-corrected chi connectivity index (χ4v) is 3.27. The normalized spacial score (nSPS) is 10.7. The summed E-state index contributed by atoms with van der Waals surface area (Å²) >= 11 is 0. The quantitative estimate of drug-likeness (QED) is 0.483. The predicted octanol–water partition coefficient (Wildman–Crippen LogP) is 4.39. The van der Waals surface area contributed by atoms with E-state index in [4.69, 9.17) is 13.9 Å². The molecule has 0 radical (unpaired) electrons. The number of aryl methyl sites for hydroxylation is 1. The van der Waals surface area contributed by atoms with E-state index in [0.717, 1.165) is 17.0 Å². The zero-order chi connectivity index (χ0) is 21.8. The lowest BCUT2D eigenvalue weighted by molar-refractivity contribution is 0.0951. The Kier molecular flexibility index (Phi) is 5.75. The number of carbonyl (C=O) groups excluding carboxylic acids is 1. The maximum Gasteiger partial charge on any atom is 0.255 e. The summed E-state index contributed by atoms with van der Waals surface area (Å²) in [5.74, 6) is 2.29. The lowest BCUT2D eigenvalue weighted by Crippen LogP contribution is -2.23. The number of hydrogen-bond donors (Lipinski definition) is 1. The van der Waals surface area contributed by atoms with Crippen LogP contribution in [0.4, 0.5) is 0 Å². The Morgan fingerprint density at radius 2 is 1.81 bits per heavy atom. The first-order valence-corrected chi connectivity index (χ1v) is 9.80. The molecule has 31 heavy (non-hydrogen) atoms. The van der Waals surface area contributed by atoms with Crippen LogP contribution in [0.5, 0.6) is 11.5 Å². The van der Waals surface area contributed by atoms with E-state index in [1.54, 1.807) is 25.1 Å². The molecule has 158 valence electrons. The lowest BCUT2D eigenvalue weighted by atomic mass is 10.1. The molecule has 0 saturated heterocycles. The van der Waals surface area contributed by atoms with Gasteiger partial charge in [-0.1, -0.05) is 24.3 Å². The maximum atomic E-state index is 13.1. The van der Waals surface area contributed by atoms with E-state index in [1.807, 2.05) is 67.6 Å². The first-order valence-electron chi connectivity index (χ1n) is 9.80. The summed E-state index contributed by atoms with van der Waals surface area (Å²) in [5.41, 5.74) is 2.66. The first kappa shape index (κ1) is 20.3. The van der Waals surface area contributed by atoms with Crippen molar-refractivity contribution in [1.82, 2.24) is 15.1 Å². The fourth-order valence-electron chi connectivity index (χ4n) is 3.27. The van der Waals surface area contributed by atoms with Crippen LogP contribution in [0.2, 0.25) is 0 Å². The number of methoxy groups -OCH3 is 2. The van der Waals surface area contributed by atoms with Gasteiger partial charge in [-0.05, 0) is 48.9 Å². The van der Waals surface area contributed by atoms with Gasteiger partial charge in [-0.15, -0.1) is 0 Å². The van der Waals surface area contributed by atoms with E-state index < -0.39 is 0 Å². The van der Waals surface area contributed by atoms with Crippen molar-refractivity contribution in [3.05, 3.63) is 83.7 Å². The van der Waals surface area contributed by atoms with E-state index in [0.29, 0.717) is 35.1 Å². The van der Waals surface area contributed by atoms with Gasteiger partial charge < -0.3 is 19.2 Å². The van der Waals surface area contributed by atoms with Crippen molar-refractivity contribution in [2.75, 3.05) is 14.2 Å². The molecular formula is C24H23N3O4. The Morgan fingerprint density at radius 1 is 1.03 bits per heavy atom. The number of hydrogen-bond acceptors (Lipinski definition) is 5. The Labute approximate surface area is 180 Å². The van der Waals surface area contributed by atoms with Crippen LogP contribution in [0.15, 0.2) is 71.3 Å². The van der Waals surface area contributed by atoms with Crippen LogP contribution < -0.4 is 14.8 Å². The van der Waals surface area contributed by atoms with Gasteiger partial charge in [0.25, 0.3) is 5.91 Å². The van der Waals surface area contributed by atoms with Gasteiger partial charge in [0.15, 0.2) is 17.3 Å². The number of nitrogens with zero attached hydrogens (tertiary/aromatic N) is 2. The summed E-state index contributed by atoms with van der Waals surface area (Å²) in [6, 6.07) is 18.8. The van der Waals surface area contributed by atoms with Crippen LogP contribution >= 0.6 is 0 Å². The van der Waals surface area contributed by atoms with Crippen molar-refractivity contribution >= 4 is 5.91 Å². The summed E-state index contributed by atoms with van der Waals surface area (Å²) in [6.07, 6.45) is 1.71. The molecule has 7 nitrogen and oxygen atoms in total. The Hall–Kier alpha value is -4.00. The Morgan fingerprint density at radius 3 is 2.48 bits per heavy atom. The lowest BCUT2D eigenvalue weighted by Gasteiger charge is -2.10. The van der Waals surface area contributed by atoms with E-state index in [9.17, 15) is 4.79 Å². The van der Waals surface area contributed by atoms with Gasteiger partial charge in [0.1, 0.15) is 11.5 Å². The SMILES string of the molecule is COc1ccc(CNC(=O)c2cn(-c3ccccc3)nc2-c2ccc(C)o2)cc1OC. The van der Waals surface area contributed by atoms with Gasteiger partial charge in [0.2, 0.25) is 0 Å². The van der Waals surface area contributed by atoms with Gasteiger partial charge in [-0.25, -0.2) is 4.68 Å². The molecule has 2 heterocycles. The molecule has 2 aromatic carbocycles. The van der Waals surface area contributed by atoms with Crippen LogP contribution in [-0.2, 0) is 6.54 Å². The number of benzene rings is 2. The van der Waals surface area contributed by atoms with Crippen LogP contribution in [0.1, 0.15) is 21.7 Å². The molecule has 0 aliphatic rings. The zero-order valence-electron chi connectivity index (χ0n) is 17.6. The molecule has 7 heteroatoms. The number of furan rings is 1. The van der Waals surface area contributed by atoms with Gasteiger partial charge in [0, 0.05) is 12.7 Å². The second-order valence-corrected chi connectivity index (χ2v) is 6.95. The third kappa shape index (κ3) is 4.30. The molecule has 1 N–H and O–H groups in total. The fraction of sp³-hybridized carbons (Fsp3) is 0.167. The van der Waals surface area contributed by atoms with Crippen LogP contribution in [0.3, 0.4) is 0 Å². The van der Waals surface area contributed by atoms with Crippen molar-refractivity contribution in [3.63, 3.8) is 0 Å². The van der Waals surface area contributed by atoms with Crippen molar-refractivity contribution in [3.8, 4) is 28.6 Å². The standard InChI is InChI=1S/C24H23N3O4/c1-16-9-11-21(31-16)23-19(15-27(26-23)18-7-5-4-6-8-18)24(28)25-14-17-10-12-20(29-2)22(13-17)30-3/h4-13,15H,14H2,1-3H3,(H,25,28). The molecule has 0 aliphatic heterocycles. The predicted molar refractivity (Wildman–Crippen MR) is 117 cm³/mol. The van der Waals surface area contributed by atoms with Gasteiger partial charge in [0.05, 0.1) is 25.5 Å². The minimum absolute atomic E-state index is 0.249. The molecule has 0 atom stereocenters. The average Bonchev–Trinajstić information content (AvgIpc) is 3.44. The molecule has 0 saturated carbocycles. The minimum atomic E-state index is -0.249. The van der Waals surface area contributed by atoms with Crippen LogP contribution in [0, 0.1) is 6.92 Å². The molecular weight excluding hydrogens is 394 g/mol. The third-order valence-electron chi connectivity index (χ3n) is 4.85. The highest BCUT2D eigenvalue weighted by Crippen LogP contribution is 2.28. The van der Waals surface area contributed by atoms with Crippen LogP contribution in [-0.4, -0.2) is 29.9 Å². The van der Waals surface area contributed by atoms with Crippen LogP contribution in [0.25, 0.3) is 17.1 Å². The summed E-state index contributed by atoms with van der Waals surface area (Å²) in [4.78, 5) is 13.1.